The molecule has 0 saturated carbocycles. The summed E-state index contributed by atoms with van der Waals surface area (Å²) in [5.74, 6) is -0.675. The maximum Gasteiger partial charge on any atom is 0.261 e. The number of carbonyl (C=O) groups excluding carboxylic acids is 2. The molecule has 3 aromatic rings. The number of halogens is 2. The quantitative estimate of drug-likeness (QED) is 0.391. The van der Waals surface area contributed by atoms with Crippen molar-refractivity contribution in [2.45, 2.75) is 38.0 Å². The molecule has 0 bridgehead atoms. The maximum atomic E-state index is 13.6. The van der Waals surface area contributed by atoms with Gasteiger partial charge in [-0.2, -0.15) is 0 Å². The van der Waals surface area contributed by atoms with Gasteiger partial charge in [-0.1, -0.05) is 66.2 Å². The molecule has 8 heteroatoms. The third-order valence-corrected chi connectivity index (χ3v) is 6.57. The number of ether oxygens (including phenoxy) is 2. The second-order valence-corrected chi connectivity index (χ2v) is 9.36. The number of nitrogens with one attached hydrogen (secondary N) is 1. The zero-order chi connectivity index (χ0) is 26.0. The van der Waals surface area contributed by atoms with Crippen LogP contribution < -0.4 is 10.1 Å². The van der Waals surface area contributed by atoms with Gasteiger partial charge in [0.25, 0.3) is 5.91 Å². The van der Waals surface area contributed by atoms with Crippen molar-refractivity contribution < 1.29 is 23.5 Å². The summed E-state index contributed by atoms with van der Waals surface area (Å²) in [6, 6.07) is 21.5. The highest BCUT2D eigenvalue weighted by Crippen LogP contribution is 2.23. The summed E-state index contributed by atoms with van der Waals surface area (Å²) < 4.78 is 24.9. The van der Waals surface area contributed by atoms with Crippen molar-refractivity contribution in [3.05, 3.63) is 101 Å². The number of hydrogen-bond acceptors (Lipinski definition) is 4. The molecule has 6 nitrogen and oxygen atoms in total. The average Bonchev–Trinajstić information content (AvgIpc) is 3.44. The Balaban J connectivity index is 1.58. The molecular weight excluding hydrogens is 495 g/mol. The number of para-hydroxylation sites is 1. The van der Waals surface area contributed by atoms with Gasteiger partial charge < -0.3 is 19.7 Å². The summed E-state index contributed by atoms with van der Waals surface area (Å²) in [7, 11) is 0. The SMILES string of the molecule is O=C(NCC1CCCO1)C(Cc1ccccc1)N(Cc1ccc(F)cc1)C(=O)COc1ccccc1Cl. The van der Waals surface area contributed by atoms with Crippen LogP contribution in [0.5, 0.6) is 5.75 Å². The third-order valence-electron chi connectivity index (χ3n) is 6.25. The number of amides is 2. The van der Waals surface area contributed by atoms with Gasteiger partial charge in [0, 0.05) is 26.1 Å². The molecule has 1 aliphatic heterocycles. The van der Waals surface area contributed by atoms with E-state index in [1.807, 2.05) is 30.3 Å². The Bertz CT molecular complexity index is 1170. The molecular formula is C29H30ClFN2O4. The van der Waals surface area contributed by atoms with Crippen molar-refractivity contribution in [3.63, 3.8) is 0 Å². The van der Waals surface area contributed by atoms with Crippen molar-refractivity contribution in [2.75, 3.05) is 19.8 Å². The van der Waals surface area contributed by atoms with Crippen LogP contribution in [-0.4, -0.2) is 48.6 Å². The number of carbonyl (C=O) groups is 2. The largest absolute Gasteiger partial charge is 0.482 e. The van der Waals surface area contributed by atoms with Crippen LogP contribution in [-0.2, 0) is 27.3 Å². The summed E-state index contributed by atoms with van der Waals surface area (Å²) in [5, 5.41) is 3.36. The molecule has 4 rings (SSSR count). The molecule has 1 N–H and O–H groups in total. The zero-order valence-electron chi connectivity index (χ0n) is 20.4. The smallest absolute Gasteiger partial charge is 0.261 e. The van der Waals surface area contributed by atoms with Gasteiger partial charge in [-0.05, 0) is 48.2 Å². The van der Waals surface area contributed by atoms with Crippen LogP contribution in [0.4, 0.5) is 4.39 Å². The molecule has 37 heavy (non-hydrogen) atoms. The van der Waals surface area contributed by atoms with Gasteiger partial charge in [0.2, 0.25) is 5.91 Å². The Morgan fingerprint density at radius 2 is 1.76 bits per heavy atom. The number of rotatable bonds is 11. The highest BCUT2D eigenvalue weighted by molar-refractivity contribution is 6.32. The van der Waals surface area contributed by atoms with Crippen molar-refractivity contribution in [3.8, 4) is 5.75 Å². The van der Waals surface area contributed by atoms with E-state index in [1.54, 1.807) is 36.4 Å². The molecule has 1 saturated heterocycles. The van der Waals surface area contributed by atoms with E-state index in [4.69, 9.17) is 21.1 Å². The first-order valence-electron chi connectivity index (χ1n) is 12.3. The van der Waals surface area contributed by atoms with Gasteiger partial charge in [0.15, 0.2) is 6.61 Å². The van der Waals surface area contributed by atoms with E-state index in [9.17, 15) is 14.0 Å². The Morgan fingerprint density at radius 1 is 1.03 bits per heavy atom. The fourth-order valence-electron chi connectivity index (χ4n) is 4.26. The monoisotopic (exact) mass is 524 g/mol. The van der Waals surface area contributed by atoms with Crippen molar-refractivity contribution in [1.29, 1.82) is 0 Å². The van der Waals surface area contributed by atoms with Gasteiger partial charge in [0.1, 0.15) is 17.6 Å². The highest BCUT2D eigenvalue weighted by atomic mass is 35.5. The third kappa shape index (κ3) is 7.78. The lowest BCUT2D eigenvalue weighted by Gasteiger charge is -2.32. The average molecular weight is 525 g/mol. The fraction of sp³-hybridized carbons (Fsp3) is 0.310. The van der Waals surface area contributed by atoms with Gasteiger partial charge in [0.05, 0.1) is 11.1 Å². The Hall–Kier alpha value is -3.42. The van der Waals surface area contributed by atoms with E-state index < -0.39 is 11.9 Å². The molecule has 1 heterocycles. The zero-order valence-corrected chi connectivity index (χ0v) is 21.2. The lowest BCUT2D eigenvalue weighted by Crippen LogP contribution is -2.52. The van der Waals surface area contributed by atoms with Crippen LogP contribution in [0, 0.1) is 5.82 Å². The van der Waals surface area contributed by atoms with Crippen LogP contribution in [0.15, 0.2) is 78.9 Å². The van der Waals surface area contributed by atoms with Gasteiger partial charge in [-0.3, -0.25) is 9.59 Å². The molecule has 194 valence electrons. The van der Waals surface area contributed by atoms with E-state index in [-0.39, 0.29) is 31.0 Å². The normalized spacial score (nSPS) is 15.7. The second kappa shape index (κ2) is 13.2. The van der Waals surface area contributed by atoms with Crippen molar-refractivity contribution in [2.24, 2.45) is 0 Å². The first-order valence-corrected chi connectivity index (χ1v) is 12.7. The number of benzene rings is 3. The van der Waals surface area contributed by atoms with Gasteiger partial charge in [-0.15, -0.1) is 0 Å². The molecule has 0 aliphatic carbocycles. The summed E-state index contributed by atoms with van der Waals surface area (Å²) in [5.41, 5.74) is 1.60. The topological polar surface area (TPSA) is 67.9 Å². The van der Waals surface area contributed by atoms with Crippen LogP contribution in [0.25, 0.3) is 0 Å². The van der Waals surface area contributed by atoms with Crippen LogP contribution >= 0.6 is 11.6 Å². The molecule has 2 unspecified atom stereocenters. The molecule has 0 radical (unpaired) electrons. The van der Waals surface area contributed by atoms with E-state index in [0.717, 1.165) is 18.4 Å². The van der Waals surface area contributed by atoms with Crippen LogP contribution in [0.2, 0.25) is 5.02 Å². The van der Waals surface area contributed by atoms with E-state index in [2.05, 4.69) is 5.32 Å². The molecule has 2 amide bonds. The van der Waals surface area contributed by atoms with E-state index >= 15 is 0 Å². The van der Waals surface area contributed by atoms with Crippen molar-refractivity contribution in [1.82, 2.24) is 10.2 Å². The Kier molecular flexibility index (Phi) is 9.52. The highest BCUT2D eigenvalue weighted by Gasteiger charge is 2.31. The Labute approximate surface area is 221 Å². The molecule has 2 atom stereocenters. The predicted octanol–water partition coefficient (Wildman–Crippen LogP) is 4.79. The minimum absolute atomic E-state index is 0.0360. The lowest BCUT2D eigenvalue weighted by atomic mass is 10.0. The van der Waals surface area contributed by atoms with Crippen molar-refractivity contribution >= 4 is 23.4 Å². The summed E-state index contributed by atoms with van der Waals surface area (Å²) in [4.78, 5) is 28.6. The van der Waals surface area contributed by atoms with Gasteiger partial charge in [-0.25, -0.2) is 4.39 Å². The van der Waals surface area contributed by atoms with Gasteiger partial charge >= 0.3 is 0 Å². The van der Waals surface area contributed by atoms with Crippen LogP contribution in [0.3, 0.4) is 0 Å². The van der Waals surface area contributed by atoms with Crippen LogP contribution in [0.1, 0.15) is 24.0 Å². The lowest BCUT2D eigenvalue weighted by molar-refractivity contribution is -0.143. The second-order valence-electron chi connectivity index (χ2n) is 8.95. The number of nitrogens with zero attached hydrogens (tertiary/aromatic N) is 1. The van der Waals surface area contributed by atoms with E-state index in [0.29, 0.717) is 35.9 Å². The molecule has 0 spiro atoms. The standard InChI is InChI=1S/C29H30ClFN2O4/c30-25-10-4-5-11-27(25)37-20-28(34)33(19-22-12-14-23(31)15-13-22)26(17-21-7-2-1-3-8-21)29(35)32-18-24-9-6-16-36-24/h1-5,7-8,10-15,24,26H,6,9,16-20H2,(H,32,35). The summed E-state index contributed by atoms with van der Waals surface area (Å²) in [6.45, 7) is 0.854. The minimum Gasteiger partial charge on any atom is -0.482 e. The predicted molar refractivity (Wildman–Crippen MR) is 140 cm³/mol. The first kappa shape index (κ1) is 26.6. The summed E-state index contributed by atoms with van der Waals surface area (Å²) in [6.07, 6.45) is 2.11. The molecule has 1 fully saturated rings. The summed E-state index contributed by atoms with van der Waals surface area (Å²) >= 11 is 6.19. The first-order chi connectivity index (χ1) is 18.0. The molecule has 0 aromatic heterocycles. The van der Waals surface area contributed by atoms with E-state index in [1.165, 1.54) is 17.0 Å². The Morgan fingerprint density at radius 3 is 2.46 bits per heavy atom. The molecule has 3 aromatic carbocycles. The number of hydrogen-bond donors (Lipinski definition) is 1. The molecule has 1 aliphatic rings. The minimum atomic E-state index is -0.823. The maximum absolute atomic E-state index is 13.6. The fourth-order valence-corrected chi connectivity index (χ4v) is 4.45.